The molecule has 0 amide bonds. The number of benzene rings is 1. The summed E-state index contributed by atoms with van der Waals surface area (Å²) in [5.41, 5.74) is 0.561. The molecule has 4 nitrogen and oxygen atoms in total. The Morgan fingerprint density at radius 2 is 1.88 bits per heavy atom. The van der Waals surface area contributed by atoms with Crippen molar-refractivity contribution in [3.05, 3.63) is 34.9 Å². The highest BCUT2D eigenvalue weighted by atomic mass is 35.5. The van der Waals surface area contributed by atoms with E-state index >= 15 is 0 Å². The van der Waals surface area contributed by atoms with Gasteiger partial charge >= 0.3 is 5.97 Å². The van der Waals surface area contributed by atoms with E-state index in [4.69, 9.17) is 16.7 Å². The lowest BCUT2D eigenvalue weighted by Gasteiger charge is -2.12. The van der Waals surface area contributed by atoms with Gasteiger partial charge in [0.25, 0.3) is 0 Å². The lowest BCUT2D eigenvalue weighted by molar-refractivity contribution is -0.138. The zero-order valence-corrected chi connectivity index (χ0v) is 10.8. The predicted molar refractivity (Wildman–Crippen MR) is 66.2 cm³/mol. The van der Waals surface area contributed by atoms with Crippen molar-refractivity contribution in [1.82, 2.24) is 0 Å². The first-order chi connectivity index (χ1) is 7.79. The second-order valence-electron chi connectivity index (χ2n) is 3.86. The number of rotatable bonds is 5. The van der Waals surface area contributed by atoms with Crippen LogP contribution >= 0.6 is 11.6 Å². The van der Waals surface area contributed by atoms with Crippen LogP contribution in [-0.4, -0.2) is 31.5 Å². The van der Waals surface area contributed by atoms with Crippen LogP contribution in [-0.2, 0) is 14.6 Å². The first kappa shape index (κ1) is 14.0. The first-order valence-electron chi connectivity index (χ1n) is 4.95. The fraction of sp³-hybridized carbons (Fsp3) is 0.364. The summed E-state index contributed by atoms with van der Waals surface area (Å²) in [6, 6.07) is 6.38. The van der Waals surface area contributed by atoms with Crippen molar-refractivity contribution < 1.29 is 18.3 Å². The van der Waals surface area contributed by atoms with Crippen LogP contribution < -0.4 is 0 Å². The molecule has 1 aromatic rings. The molecular weight excluding hydrogens is 264 g/mol. The molecule has 0 fully saturated rings. The second kappa shape index (κ2) is 5.51. The zero-order chi connectivity index (χ0) is 13.1. The van der Waals surface area contributed by atoms with E-state index < -0.39 is 21.7 Å². The molecule has 1 unspecified atom stereocenters. The molecule has 0 saturated heterocycles. The molecule has 0 saturated carbocycles. The highest BCUT2D eigenvalue weighted by Gasteiger charge is 2.21. The number of carbonyl (C=O) groups is 1. The molecule has 1 N–H and O–H groups in total. The van der Waals surface area contributed by atoms with Crippen LogP contribution in [0.25, 0.3) is 0 Å². The van der Waals surface area contributed by atoms with E-state index in [-0.39, 0.29) is 12.2 Å². The maximum Gasteiger partial charge on any atom is 0.311 e. The van der Waals surface area contributed by atoms with Crippen molar-refractivity contribution in [3.63, 3.8) is 0 Å². The molecule has 0 aromatic heterocycles. The maximum absolute atomic E-state index is 11.1. The van der Waals surface area contributed by atoms with Crippen molar-refractivity contribution >= 4 is 27.4 Å². The van der Waals surface area contributed by atoms with Gasteiger partial charge in [0.15, 0.2) is 0 Å². The maximum atomic E-state index is 11.1. The zero-order valence-electron chi connectivity index (χ0n) is 9.26. The van der Waals surface area contributed by atoms with E-state index in [1.54, 1.807) is 24.3 Å². The molecule has 0 heterocycles. The average molecular weight is 277 g/mol. The third-order valence-electron chi connectivity index (χ3n) is 2.35. The van der Waals surface area contributed by atoms with Crippen LogP contribution in [0.4, 0.5) is 0 Å². The van der Waals surface area contributed by atoms with Gasteiger partial charge in [0.2, 0.25) is 0 Å². The van der Waals surface area contributed by atoms with Gasteiger partial charge in [-0.15, -0.1) is 0 Å². The molecule has 0 radical (unpaired) electrons. The van der Waals surface area contributed by atoms with Crippen molar-refractivity contribution in [1.29, 1.82) is 0 Å². The van der Waals surface area contributed by atoms with Crippen LogP contribution in [0.2, 0.25) is 5.02 Å². The summed E-state index contributed by atoms with van der Waals surface area (Å²) in [5, 5.41) is 9.58. The van der Waals surface area contributed by atoms with Crippen molar-refractivity contribution in [2.45, 2.75) is 12.3 Å². The number of hydrogen-bond acceptors (Lipinski definition) is 3. The summed E-state index contributed by atoms with van der Waals surface area (Å²) >= 11 is 5.70. The van der Waals surface area contributed by atoms with E-state index in [9.17, 15) is 13.2 Å². The Hall–Kier alpha value is -1.07. The number of aliphatic carboxylic acids is 1. The summed E-state index contributed by atoms with van der Waals surface area (Å²) < 4.78 is 22.1. The topological polar surface area (TPSA) is 71.4 Å². The molecule has 0 spiro atoms. The van der Waals surface area contributed by atoms with Gasteiger partial charge < -0.3 is 5.11 Å². The predicted octanol–water partition coefficient (Wildman–Crippen LogP) is 1.94. The number of carboxylic acids is 1. The van der Waals surface area contributed by atoms with Crippen LogP contribution in [0.3, 0.4) is 0 Å². The minimum Gasteiger partial charge on any atom is -0.481 e. The van der Waals surface area contributed by atoms with Crippen molar-refractivity contribution in [3.8, 4) is 0 Å². The van der Waals surface area contributed by atoms with Gasteiger partial charge in [0.1, 0.15) is 9.84 Å². The van der Waals surface area contributed by atoms with Crippen molar-refractivity contribution in [2.75, 3.05) is 12.0 Å². The molecule has 6 heteroatoms. The lowest BCUT2D eigenvalue weighted by atomic mass is 9.97. The van der Waals surface area contributed by atoms with Crippen LogP contribution in [0.5, 0.6) is 0 Å². The van der Waals surface area contributed by atoms with Gasteiger partial charge in [-0.3, -0.25) is 4.79 Å². The quantitative estimate of drug-likeness (QED) is 0.892. The van der Waals surface area contributed by atoms with E-state index in [1.807, 2.05) is 0 Å². The minimum atomic E-state index is -3.16. The summed E-state index contributed by atoms with van der Waals surface area (Å²) in [7, 11) is -3.16. The van der Waals surface area contributed by atoms with Crippen molar-refractivity contribution in [2.24, 2.45) is 0 Å². The molecule has 0 aliphatic rings. The molecule has 1 atom stereocenters. The molecule has 1 aromatic carbocycles. The first-order valence-corrected chi connectivity index (χ1v) is 7.39. The number of sulfone groups is 1. The van der Waals surface area contributed by atoms with Gasteiger partial charge in [-0.1, -0.05) is 23.7 Å². The highest BCUT2D eigenvalue weighted by molar-refractivity contribution is 7.90. The smallest absolute Gasteiger partial charge is 0.311 e. The third kappa shape index (κ3) is 4.75. The second-order valence-corrected chi connectivity index (χ2v) is 6.56. The minimum absolute atomic E-state index is 0.0653. The van der Waals surface area contributed by atoms with E-state index in [0.717, 1.165) is 6.26 Å². The molecule has 1 rings (SSSR count). The molecular formula is C11H13ClO4S. The average Bonchev–Trinajstić information content (AvgIpc) is 2.18. The van der Waals surface area contributed by atoms with Gasteiger partial charge in [-0.2, -0.15) is 0 Å². The van der Waals surface area contributed by atoms with E-state index in [1.165, 1.54) is 0 Å². The fourth-order valence-corrected chi connectivity index (χ4v) is 2.25. The highest BCUT2D eigenvalue weighted by Crippen LogP contribution is 2.22. The van der Waals surface area contributed by atoms with E-state index in [2.05, 4.69) is 0 Å². The number of halogens is 1. The Labute approximate surface area is 105 Å². The normalized spacial score (nSPS) is 13.3. The summed E-state index contributed by atoms with van der Waals surface area (Å²) in [4.78, 5) is 11.1. The third-order valence-corrected chi connectivity index (χ3v) is 3.58. The van der Waals surface area contributed by atoms with Gasteiger partial charge in [0.05, 0.1) is 11.7 Å². The Balaban J connectivity index is 2.87. The Kier molecular flexibility index (Phi) is 4.54. The number of hydrogen-bond donors (Lipinski definition) is 1. The largest absolute Gasteiger partial charge is 0.481 e. The monoisotopic (exact) mass is 276 g/mol. The Bertz CT molecular complexity index is 493. The molecule has 17 heavy (non-hydrogen) atoms. The van der Waals surface area contributed by atoms with Gasteiger partial charge in [-0.05, 0) is 24.1 Å². The molecule has 94 valence electrons. The van der Waals surface area contributed by atoms with Gasteiger partial charge in [-0.25, -0.2) is 8.42 Å². The molecule has 0 bridgehead atoms. The van der Waals surface area contributed by atoms with Crippen LogP contribution in [0.15, 0.2) is 24.3 Å². The van der Waals surface area contributed by atoms with Gasteiger partial charge in [0, 0.05) is 11.3 Å². The summed E-state index contributed by atoms with van der Waals surface area (Å²) in [6.07, 6.45) is 1.16. The molecule has 0 aliphatic heterocycles. The lowest BCUT2D eigenvalue weighted by Crippen LogP contribution is -2.16. The van der Waals surface area contributed by atoms with E-state index in [0.29, 0.717) is 10.6 Å². The summed E-state index contributed by atoms with van der Waals surface area (Å²) in [6.45, 7) is 0. The fourth-order valence-electron chi connectivity index (χ4n) is 1.46. The SMILES string of the molecule is CS(=O)(=O)CCC(C(=O)O)c1ccc(Cl)cc1. The standard InChI is InChI=1S/C11H13ClO4S/c1-17(15,16)7-6-10(11(13)14)8-2-4-9(12)5-3-8/h2-5,10H,6-7H2,1H3,(H,13,14). The van der Waals surface area contributed by atoms with Crippen LogP contribution in [0.1, 0.15) is 17.9 Å². The summed E-state index contributed by atoms with van der Waals surface area (Å²) in [5.74, 6) is -2.00. The Morgan fingerprint density at radius 3 is 2.29 bits per heavy atom. The number of carboxylic acid groups (broad SMARTS) is 1. The Morgan fingerprint density at radius 1 is 1.35 bits per heavy atom. The molecule has 0 aliphatic carbocycles. The van der Waals surface area contributed by atoms with Crippen LogP contribution in [0, 0.1) is 0 Å².